The summed E-state index contributed by atoms with van der Waals surface area (Å²) < 4.78 is 1.33. The van der Waals surface area contributed by atoms with Crippen molar-refractivity contribution in [2.45, 2.75) is 32.6 Å². The van der Waals surface area contributed by atoms with E-state index < -0.39 is 0 Å². The van der Waals surface area contributed by atoms with Gasteiger partial charge in [0.25, 0.3) is 0 Å². The molecule has 1 aliphatic heterocycles. The molecule has 1 unspecified atom stereocenters. The maximum atomic E-state index is 12.2. The molecule has 3 nitrogen and oxygen atoms in total. The van der Waals surface area contributed by atoms with E-state index in [-0.39, 0.29) is 5.91 Å². The number of carbonyl (C=O) groups excluding carboxylic acids is 1. The highest BCUT2D eigenvalue weighted by atomic mass is 32.1. The molecule has 1 amide bonds. The minimum absolute atomic E-state index is 0.204. The number of benzene rings is 1. The summed E-state index contributed by atoms with van der Waals surface area (Å²) in [6.45, 7) is 5.16. The van der Waals surface area contributed by atoms with Gasteiger partial charge in [-0.15, -0.1) is 11.3 Å². The lowest BCUT2D eigenvalue weighted by Gasteiger charge is -2.27. The Labute approximate surface area is 142 Å². The normalized spacial score (nSPS) is 17.3. The Bertz CT molecular complexity index is 646. The molecule has 0 saturated carbocycles. The fourth-order valence-electron chi connectivity index (χ4n) is 3.51. The van der Waals surface area contributed by atoms with Crippen LogP contribution in [0.1, 0.15) is 31.7 Å². The third-order valence-electron chi connectivity index (χ3n) is 4.97. The Morgan fingerprint density at radius 1 is 1.35 bits per heavy atom. The Balaban J connectivity index is 1.44. The van der Waals surface area contributed by atoms with E-state index in [4.69, 9.17) is 0 Å². The monoisotopic (exact) mass is 330 g/mol. The SMILES string of the molecule is CC(CC(=O)NCCc1csc2ccccc12)C1CCNCC1. The second kappa shape index (κ2) is 7.93. The molecule has 3 rings (SSSR count). The van der Waals surface area contributed by atoms with Crippen LogP contribution in [0.25, 0.3) is 10.1 Å². The largest absolute Gasteiger partial charge is 0.356 e. The average molecular weight is 330 g/mol. The number of nitrogens with one attached hydrogen (secondary N) is 2. The molecule has 2 aromatic rings. The van der Waals surface area contributed by atoms with Crippen LogP contribution >= 0.6 is 11.3 Å². The van der Waals surface area contributed by atoms with Gasteiger partial charge >= 0.3 is 0 Å². The topological polar surface area (TPSA) is 41.1 Å². The van der Waals surface area contributed by atoms with Crippen molar-refractivity contribution < 1.29 is 4.79 Å². The van der Waals surface area contributed by atoms with Gasteiger partial charge in [0.05, 0.1) is 0 Å². The lowest BCUT2D eigenvalue weighted by molar-refractivity contribution is -0.122. The number of piperidine rings is 1. The second-order valence-corrected chi connectivity index (χ2v) is 7.54. The fourth-order valence-corrected chi connectivity index (χ4v) is 4.50. The first kappa shape index (κ1) is 16.5. The summed E-state index contributed by atoms with van der Waals surface area (Å²) in [7, 11) is 0. The summed E-state index contributed by atoms with van der Waals surface area (Å²) in [6.07, 6.45) is 3.98. The molecule has 1 aliphatic rings. The van der Waals surface area contributed by atoms with E-state index in [1.54, 1.807) is 11.3 Å². The second-order valence-electron chi connectivity index (χ2n) is 6.63. The van der Waals surface area contributed by atoms with Gasteiger partial charge in [0.1, 0.15) is 0 Å². The van der Waals surface area contributed by atoms with Crippen molar-refractivity contribution in [1.29, 1.82) is 0 Å². The number of carbonyl (C=O) groups is 1. The van der Waals surface area contributed by atoms with Crippen molar-refractivity contribution in [2.24, 2.45) is 11.8 Å². The zero-order valence-corrected chi connectivity index (χ0v) is 14.6. The lowest BCUT2D eigenvalue weighted by atomic mass is 9.84. The van der Waals surface area contributed by atoms with Gasteiger partial charge in [0.2, 0.25) is 5.91 Å². The van der Waals surface area contributed by atoms with Gasteiger partial charge in [-0.1, -0.05) is 25.1 Å². The van der Waals surface area contributed by atoms with Crippen molar-refractivity contribution >= 4 is 27.3 Å². The summed E-state index contributed by atoms with van der Waals surface area (Å²) in [5.74, 6) is 1.39. The van der Waals surface area contributed by atoms with Crippen molar-refractivity contribution in [3.8, 4) is 0 Å². The number of amides is 1. The van der Waals surface area contributed by atoms with Gasteiger partial charge in [-0.2, -0.15) is 0 Å². The molecule has 0 spiro atoms. The van der Waals surface area contributed by atoms with Gasteiger partial charge < -0.3 is 10.6 Å². The molecule has 2 heterocycles. The third kappa shape index (κ3) is 4.33. The maximum absolute atomic E-state index is 12.2. The highest BCUT2D eigenvalue weighted by Gasteiger charge is 2.21. The summed E-state index contributed by atoms with van der Waals surface area (Å²) in [5.41, 5.74) is 1.34. The first-order valence-electron chi connectivity index (χ1n) is 8.66. The Morgan fingerprint density at radius 3 is 2.96 bits per heavy atom. The van der Waals surface area contributed by atoms with Crippen LogP contribution in [0.3, 0.4) is 0 Å². The van der Waals surface area contributed by atoms with Crippen LogP contribution in [-0.4, -0.2) is 25.5 Å². The molecule has 1 aromatic carbocycles. The first-order chi connectivity index (χ1) is 11.2. The van der Waals surface area contributed by atoms with E-state index in [0.717, 1.165) is 26.1 Å². The summed E-state index contributed by atoms with van der Waals surface area (Å²) in [5, 5.41) is 10.0. The molecule has 2 N–H and O–H groups in total. The van der Waals surface area contributed by atoms with Gasteiger partial charge in [0.15, 0.2) is 0 Å². The average Bonchev–Trinajstić information content (AvgIpc) is 2.99. The highest BCUT2D eigenvalue weighted by Crippen LogP contribution is 2.26. The van der Waals surface area contributed by atoms with E-state index in [9.17, 15) is 4.79 Å². The summed E-state index contributed by atoms with van der Waals surface area (Å²) in [4.78, 5) is 12.2. The van der Waals surface area contributed by atoms with Gasteiger partial charge in [-0.25, -0.2) is 0 Å². The fraction of sp³-hybridized carbons (Fsp3) is 0.526. The standard InChI is InChI=1S/C19H26N2OS/c1-14(15-6-9-20-10-7-15)12-19(22)21-11-8-16-13-23-18-5-3-2-4-17(16)18/h2-5,13-15,20H,6-12H2,1H3,(H,21,22). The van der Waals surface area contributed by atoms with E-state index >= 15 is 0 Å². The third-order valence-corrected chi connectivity index (χ3v) is 5.99. The Hall–Kier alpha value is -1.39. The van der Waals surface area contributed by atoms with E-state index in [2.05, 4.69) is 47.2 Å². The van der Waals surface area contributed by atoms with Crippen LogP contribution in [0.2, 0.25) is 0 Å². The van der Waals surface area contributed by atoms with Gasteiger partial charge in [-0.05, 0) is 66.6 Å². The van der Waals surface area contributed by atoms with Gasteiger partial charge in [0, 0.05) is 17.7 Å². The van der Waals surface area contributed by atoms with E-state index in [1.807, 2.05) is 0 Å². The van der Waals surface area contributed by atoms with Crippen LogP contribution in [0.5, 0.6) is 0 Å². The molecule has 0 aliphatic carbocycles. The Morgan fingerprint density at radius 2 is 2.13 bits per heavy atom. The molecule has 4 heteroatoms. The number of hydrogen-bond donors (Lipinski definition) is 2. The molecule has 1 atom stereocenters. The zero-order chi connectivity index (χ0) is 16.1. The quantitative estimate of drug-likeness (QED) is 0.850. The number of rotatable bonds is 6. The lowest BCUT2D eigenvalue weighted by Crippen LogP contribution is -2.34. The van der Waals surface area contributed by atoms with E-state index in [1.165, 1.54) is 28.5 Å². The van der Waals surface area contributed by atoms with Crippen LogP contribution in [0, 0.1) is 11.8 Å². The van der Waals surface area contributed by atoms with Crippen LogP contribution in [0.15, 0.2) is 29.6 Å². The molecule has 23 heavy (non-hydrogen) atoms. The maximum Gasteiger partial charge on any atom is 0.220 e. The van der Waals surface area contributed by atoms with Crippen LogP contribution in [0.4, 0.5) is 0 Å². The van der Waals surface area contributed by atoms with Crippen LogP contribution < -0.4 is 10.6 Å². The molecular weight excluding hydrogens is 304 g/mol. The zero-order valence-electron chi connectivity index (χ0n) is 13.8. The van der Waals surface area contributed by atoms with Crippen molar-refractivity contribution in [3.05, 3.63) is 35.2 Å². The van der Waals surface area contributed by atoms with Gasteiger partial charge in [-0.3, -0.25) is 4.79 Å². The predicted molar refractivity (Wildman–Crippen MR) is 97.9 cm³/mol. The smallest absolute Gasteiger partial charge is 0.220 e. The molecule has 0 bridgehead atoms. The molecular formula is C19H26N2OS. The minimum Gasteiger partial charge on any atom is -0.356 e. The van der Waals surface area contributed by atoms with Crippen molar-refractivity contribution in [1.82, 2.24) is 10.6 Å². The van der Waals surface area contributed by atoms with E-state index in [0.29, 0.717) is 18.3 Å². The Kier molecular flexibility index (Phi) is 5.68. The highest BCUT2D eigenvalue weighted by molar-refractivity contribution is 7.17. The minimum atomic E-state index is 0.204. The van der Waals surface area contributed by atoms with Crippen molar-refractivity contribution in [2.75, 3.05) is 19.6 Å². The first-order valence-corrected chi connectivity index (χ1v) is 9.54. The molecule has 124 valence electrons. The molecule has 1 fully saturated rings. The molecule has 1 aromatic heterocycles. The number of hydrogen-bond acceptors (Lipinski definition) is 3. The number of fused-ring (bicyclic) bond motifs is 1. The number of thiophene rings is 1. The predicted octanol–water partition coefficient (Wildman–Crippen LogP) is 3.59. The summed E-state index contributed by atoms with van der Waals surface area (Å²) in [6, 6.07) is 8.48. The molecule has 1 saturated heterocycles. The van der Waals surface area contributed by atoms with Crippen molar-refractivity contribution in [3.63, 3.8) is 0 Å². The summed E-state index contributed by atoms with van der Waals surface area (Å²) >= 11 is 1.78. The molecule has 0 radical (unpaired) electrons. The van der Waals surface area contributed by atoms with Crippen LogP contribution in [-0.2, 0) is 11.2 Å².